The zero-order chi connectivity index (χ0) is 16.5. The molecule has 2 radical (unpaired) electrons. The quantitative estimate of drug-likeness (QED) is 0.281. The van der Waals surface area contributed by atoms with E-state index in [4.69, 9.17) is 5.41 Å². The molecule has 1 saturated heterocycles. The highest BCUT2D eigenvalue weighted by molar-refractivity contribution is 7.72. The number of guanidine groups is 1. The van der Waals surface area contributed by atoms with Crippen LogP contribution in [0.5, 0.6) is 0 Å². The molecule has 21 heavy (non-hydrogen) atoms. The molecule has 0 aromatic heterocycles. The Labute approximate surface area is 123 Å². The van der Waals surface area contributed by atoms with Crippen LogP contribution in [0, 0.1) is 11.8 Å². The van der Waals surface area contributed by atoms with Crippen molar-refractivity contribution in [2.24, 2.45) is 0 Å². The summed E-state index contributed by atoms with van der Waals surface area (Å²) in [5.74, 6) is -0.321. The summed E-state index contributed by atoms with van der Waals surface area (Å²) in [6, 6.07) is 0. The van der Waals surface area contributed by atoms with Crippen LogP contribution in [0.4, 0.5) is 0 Å². The molecule has 0 unspecified atom stereocenters. The molecule has 122 valence electrons. The summed E-state index contributed by atoms with van der Waals surface area (Å²) in [4.78, 5) is 40.6. The van der Waals surface area contributed by atoms with Gasteiger partial charge in [0.25, 0.3) is 5.02 Å². The summed E-state index contributed by atoms with van der Waals surface area (Å²) >= 11 is 0. The highest BCUT2D eigenvalue weighted by atomic mass is 31.2. The highest BCUT2D eigenvalue weighted by Crippen LogP contribution is 2.72. The van der Waals surface area contributed by atoms with Gasteiger partial charge < -0.3 is 29.4 Å². The van der Waals surface area contributed by atoms with E-state index in [1.165, 1.54) is 4.90 Å². The number of hydrogen-bond donors (Lipinski definition) is 5. The van der Waals surface area contributed by atoms with E-state index in [1.807, 2.05) is 0 Å². The first-order valence-electron chi connectivity index (χ1n) is 6.50. The van der Waals surface area contributed by atoms with Gasteiger partial charge in [0.05, 0.1) is 0 Å². The molecule has 5 N–H and O–H groups in total. The van der Waals surface area contributed by atoms with Crippen LogP contribution >= 0.6 is 15.2 Å². The molecule has 9 nitrogen and oxygen atoms in total. The van der Waals surface area contributed by atoms with Crippen molar-refractivity contribution in [3.8, 4) is 0 Å². The van der Waals surface area contributed by atoms with Crippen molar-refractivity contribution < 1.29 is 28.7 Å². The molecule has 0 spiro atoms. The Balaban J connectivity index is 3.41. The molecule has 1 fully saturated rings. The summed E-state index contributed by atoms with van der Waals surface area (Å²) in [5.41, 5.74) is 0. The minimum absolute atomic E-state index is 0.0292. The average molecular weight is 341 g/mol. The van der Waals surface area contributed by atoms with Crippen molar-refractivity contribution in [3.63, 3.8) is 0 Å². The maximum atomic E-state index is 11.9. The Morgan fingerprint density at radius 3 is 2.10 bits per heavy atom. The summed E-state index contributed by atoms with van der Waals surface area (Å²) in [6.45, 7) is 4.21. The van der Waals surface area contributed by atoms with Gasteiger partial charge in [0.1, 0.15) is 0 Å². The van der Waals surface area contributed by atoms with Crippen LogP contribution in [-0.2, 0) is 9.13 Å². The molecule has 0 aromatic carbocycles. The predicted octanol–water partition coefficient (Wildman–Crippen LogP) is 0.449. The van der Waals surface area contributed by atoms with E-state index in [9.17, 15) is 28.7 Å². The lowest BCUT2D eigenvalue weighted by Gasteiger charge is -2.48. The van der Waals surface area contributed by atoms with E-state index < -0.39 is 20.2 Å². The molecular formula is C10H21N3O6P2. The molecule has 1 aliphatic rings. The van der Waals surface area contributed by atoms with Crippen LogP contribution in [-0.4, -0.2) is 60.0 Å². The lowest BCUT2D eigenvalue weighted by molar-refractivity contribution is 0.198. The fourth-order valence-electron chi connectivity index (χ4n) is 2.38. The van der Waals surface area contributed by atoms with Crippen molar-refractivity contribution >= 4 is 21.2 Å². The molecule has 1 aliphatic heterocycles. The minimum Gasteiger partial charge on any atom is -0.344 e. The smallest absolute Gasteiger partial charge is 0.344 e. The predicted molar refractivity (Wildman–Crippen MR) is 76.6 cm³/mol. The molecular weight excluding hydrogens is 320 g/mol. The zero-order valence-electron chi connectivity index (χ0n) is 11.9. The monoisotopic (exact) mass is 341 g/mol. The van der Waals surface area contributed by atoms with Crippen LogP contribution in [0.25, 0.3) is 0 Å². The van der Waals surface area contributed by atoms with Gasteiger partial charge in [-0.2, -0.15) is 0 Å². The second-order valence-corrected chi connectivity index (χ2v) is 8.47. The lowest BCUT2D eigenvalue weighted by atomic mass is 10.1. The molecule has 1 rings (SSSR count). The van der Waals surface area contributed by atoms with E-state index in [2.05, 4.69) is 6.42 Å². The fraction of sp³-hybridized carbons (Fsp3) is 0.800. The van der Waals surface area contributed by atoms with E-state index in [0.717, 1.165) is 4.90 Å². The Morgan fingerprint density at radius 1 is 1.24 bits per heavy atom. The number of likely N-dealkylation sites (tertiary alicyclic amines) is 1. The molecule has 1 heterocycles. The van der Waals surface area contributed by atoms with Crippen molar-refractivity contribution in [2.75, 3.05) is 19.6 Å². The fourth-order valence-corrected chi connectivity index (χ4v) is 5.39. The summed E-state index contributed by atoms with van der Waals surface area (Å²) in [6.07, 6.45) is 2.73. The first-order valence-corrected chi connectivity index (χ1v) is 9.72. The van der Waals surface area contributed by atoms with Gasteiger partial charge in [-0.3, -0.25) is 14.5 Å². The third-order valence-corrected chi connectivity index (χ3v) is 7.42. The first kappa shape index (κ1) is 18.6. The van der Waals surface area contributed by atoms with Crippen molar-refractivity contribution in [1.82, 2.24) is 9.80 Å². The third-order valence-electron chi connectivity index (χ3n) is 3.43. The van der Waals surface area contributed by atoms with Crippen molar-refractivity contribution in [3.05, 3.63) is 6.42 Å². The molecule has 0 bridgehead atoms. The molecule has 0 aliphatic carbocycles. The van der Waals surface area contributed by atoms with Gasteiger partial charge in [-0.25, -0.2) is 0 Å². The van der Waals surface area contributed by atoms with Gasteiger partial charge in [-0.1, -0.05) is 0 Å². The summed E-state index contributed by atoms with van der Waals surface area (Å²) in [5, 5.41) is 5.20. The average Bonchev–Trinajstić information content (AvgIpc) is 2.37. The van der Waals surface area contributed by atoms with E-state index in [-0.39, 0.29) is 18.9 Å². The second kappa shape index (κ2) is 6.36. The highest BCUT2D eigenvalue weighted by Gasteiger charge is 2.66. The van der Waals surface area contributed by atoms with Gasteiger partial charge in [0.2, 0.25) is 0 Å². The Bertz CT molecular complexity index is 461. The Morgan fingerprint density at radius 2 is 1.71 bits per heavy atom. The summed E-state index contributed by atoms with van der Waals surface area (Å²) in [7, 11) is -10.6. The maximum Gasteiger partial charge on any atom is 0.364 e. The third kappa shape index (κ3) is 3.18. The van der Waals surface area contributed by atoms with Crippen LogP contribution in [0.2, 0.25) is 0 Å². The number of piperidine rings is 1. The van der Waals surface area contributed by atoms with Crippen LogP contribution < -0.4 is 0 Å². The number of hydrogen-bond acceptors (Lipinski definition) is 3. The van der Waals surface area contributed by atoms with Gasteiger partial charge in [-0.15, -0.1) is 0 Å². The van der Waals surface area contributed by atoms with E-state index in [0.29, 0.717) is 19.5 Å². The Kier molecular flexibility index (Phi) is 5.64. The molecule has 0 saturated carbocycles. The van der Waals surface area contributed by atoms with Crippen LogP contribution in [0.15, 0.2) is 0 Å². The van der Waals surface area contributed by atoms with Gasteiger partial charge in [0.15, 0.2) is 5.96 Å². The van der Waals surface area contributed by atoms with Gasteiger partial charge in [-0.05, 0) is 26.7 Å². The molecule has 11 heteroatoms. The largest absolute Gasteiger partial charge is 0.364 e. The molecule has 0 amide bonds. The number of rotatable bonds is 4. The van der Waals surface area contributed by atoms with Crippen LogP contribution in [0.3, 0.4) is 0 Å². The van der Waals surface area contributed by atoms with Crippen molar-refractivity contribution in [2.45, 2.75) is 31.7 Å². The normalized spacial score (nSPS) is 19.4. The first-order chi connectivity index (χ1) is 9.53. The van der Waals surface area contributed by atoms with Gasteiger partial charge in [0, 0.05) is 26.1 Å². The second-order valence-electron chi connectivity index (χ2n) is 4.65. The summed E-state index contributed by atoms with van der Waals surface area (Å²) < 4.78 is 23.7. The molecule has 0 aromatic rings. The Hall–Kier alpha value is -0.430. The lowest BCUT2D eigenvalue weighted by Crippen LogP contribution is -2.58. The topological polar surface area (TPSA) is 145 Å². The molecule has 0 atom stereocenters. The van der Waals surface area contributed by atoms with E-state index in [1.54, 1.807) is 13.8 Å². The van der Waals surface area contributed by atoms with Crippen LogP contribution in [0.1, 0.15) is 26.7 Å². The van der Waals surface area contributed by atoms with Crippen molar-refractivity contribution in [1.29, 1.82) is 5.41 Å². The SMILES string of the molecule is CCN(CC)C(=N)N1CCC[C]C1(P(=O)(O)O)P(=O)(O)O. The van der Waals surface area contributed by atoms with E-state index >= 15 is 0 Å². The minimum atomic E-state index is -5.28. The standard InChI is InChI=1S/C10H21N3O6P2/c1-3-12(4-2)9(11)13-8-6-5-7-10(13,20(14,15)16)21(17,18)19/h11H,3-6,8H2,1-2H3,(H2,14,15,16)(H2,17,18,19). The number of nitrogens with zero attached hydrogens (tertiary/aromatic N) is 2. The van der Waals surface area contributed by atoms with Gasteiger partial charge >= 0.3 is 15.2 Å². The number of nitrogens with one attached hydrogen (secondary N) is 1. The zero-order valence-corrected chi connectivity index (χ0v) is 13.7. The maximum absolute atomic E-state index is 11.9.